The number of aryl methyl sites for hydroxylation is 1. The predicted molar refractivity (Wildman–Crippen MR) is 126 cm³/mol. The topological polar surface area (TPSA) is 101 Å². The van der Waals surface area contributed by atoms with Gasteiger partial charge in [0.2, 0.25) is 0 Å². The van der Waals surface area contributed by atoms with Crippen molar-refractivity contribution in [2.45, 2.75) is 32.7 Å². The maximum atomic E-state index is 9.60. The van der Waals surface area contributed by atoms with E-state index < -0.39 is 0 Å². The lowest BCUT2D eigenvalue weighted by molar-refractivity contribution is 0.204. The van der Waals surface area contributed by atoms with Gasteiger partial charge in [0.25, 0.3) is 0 Å². The van der Waals surface area contributed by atoms with Gasteiger partial charge in [0.1, 0.15) is 5.82 Å². The lowest BCUT2D eigenvalue weighted by atomic mass is 10.1. The standard InChI is InChI=1S/C23H25BrN6O/c1-13-3-4-18-15(7-13)8-16(9-26-18)17-10-28-30-21(25)19(24)20(29-22(17)30)14(2)27-11-23(12-31)5-6-23/h3-4,7-10,14,27,31H,5-6,11-12,25H2,1-2H3. The van der Waals surface area contributed by atoms with Crippen LogP contribution >= 0.6 is 15.9 Å². The summed E-state index contributed by atoms with van der Waals surface area (Å²) in [6, 6.07) is 8.30. The van der Waals surface area contributed by atoms with Gasteiger partial charge < -0.3 is 16.2 Å². The van der Waals surface area contributed by atoms with Crippen LogP contribution in [0, 0.1) is 12.3 Å². The Labute approximate surface area is 188 Å². The predicted octanol–water partition coefficient (Wildman–Crippen LogP) is 4.02. The summed E-state index contributed by atoms with van der Waals surface area (Å²) in [4.78, 5) is 9.55. The molecule has 8 heteroatoms. The van der Waals surface area contributed by atoms with E-state index in [4.69, 9.17) is 10.7 Å². The maximum Gasteiger partial charge on any atom is 0.165 e. The molecule has 5 rings (SSSR count). The zero-order chi connectivity index (χ0) is 21.8. The SMILES string of the molecule is Cc1ccc2ncc(-c3cnn4c(N)c(Br)c(C(C)NCC5(CO)CC5)nc34)cc2c1. The van der Waals surface area contributed by atoms with Gasteiger partial charge in [0, 0.05) is 47.3 Å². The molecule has 4 N–H and O–H groups in total. The van der Waals surface area contributed by atoms with Crippen molar-refractivity contribution >= 4 is 38.3 Å². The minimum Gasteiger partial charge on any atom is -0.396 e. The third kappa shape index (κ3) is 3.58. The fourth-order valence-corrected chi connectivity index (χ4v) is 4.54. The number of pyridine rings is 1. The molecular weight excluding hydrogens is 456 g/mol. The fraction of sp³-hybridized carbons (Fsp3) is 0.348. The first-order chi connectivity index (χ1) is 14.9. The number of nitrogens with zero attached hydrogens (tertiary/aromatic N) is 4. The third-order valence-corrected chi connectivity index (χ3v) is 7.09. The lowest BCUT2D eigenvalue weighted by Gasteiger charge is -2.20. The number of anilines is 1. The molecule has 1 aromatic carbocycles. The molecule has 0 bridgehead atoms. The molecule has 1 aliphatic carbocycles. The number of hydrogen-bond acceptors (Lipinski definition) is 6. The highest BCUT2D eigenvalue weighted by atomic mass is 79.9. The van der Waals surface area contributed by atoms with Gasteiger partial charge in [-0.05, 0) is 60.8 Å². The number of nitrogen functional groups attached to an aromatic ring is 1. The molecule has 1 unspecified atom stereocenters. The fourth-order valence-electron chi connectivity index (χ4n) is 3.94. The van der Waals surface area contributed by atoms with E-state index in [-0.39, 0.29) is 18.1 Å². The molecule has 31 heavy (non-hydrogen) atoms. The minimum atomic E-state index is -0.0363. The van der Waals surface area contributed by atoms with E-state index >= 15 is 0 Å². The van der Waals surface area contributed by atoms with Crippen molar-refractivity contribution in [1.82, 2.24) is 24.9 Å². The van der Waals surface area contributed by atoms with Crippen molar-refractivity contribution in [1.29, 1.82) is 0 Å². The molecule has 1 saturated carbocycles. The Bertz CT molecular complexity index is 1300. The molecule has 3 aromatic heterocycles. The summed E-state index contributed by atoms with van der Waals surface area (Å²) in [7, 11) is 0. The van der Waals surface area contributed by atoms with Gasteiger partial charge in [-0.15, -0.1) is 0 Å². The van der Waals surface area contributed by atoms with Crippen molar-refractivity contribution < 1.29 is 5.11 Å². The number of aliphatic hydroxyl groups excluding tert-OH is 1. The van der Waals surface area contributed by atoms with Gasteiger partial charge in [-0.25, -0.2) is 4.98 Å². The number of aromatic nitrogens is 4. The smallest absolute Gasteiger partial charge is 0.165 e. The molecular formula is C23H25BrN6O. The Morgan fingerprint density at radius 1 is 1.29 bits per heavy atom. The summed E-state index contributed by atoms with van der Waals surface area (Å²) >= 11 is 3.61. The highest BCUT2D eigenvalue weighted by molar-refractivity contribution is 9.10. The number of hydrogen-bond donors (Lipinski definition) is 3. The molecule has 1 aliphatic rings. The number of rotatable bonds is 6. The molecule has 0 spiro atoms. The van der Waals surface area contributed by atoms with Crippen molar-refractivity contribution in [2.75, 3.05) is 18.9 Å². The molecule has 160 valence electrons. The van der Waals surface area contributed by atoms with Gasteiger partial charge in [0.05, 0.1) is 21.9 Å². The molecule has 1 fully saturated rings. The lowest BCUT2D eigenvalue weighted by Crippen LogP contribution is -2.29. The molecule has 7 nitrogen and oxygen atoms in total. The second-order valence-corrected chi connectivity index (χ2v) is 9.46. The van der Waals surface area contributed by atoms with Crippen molar-refractivity contribution in [2.24, 2.45) is 5.41 Å². The summed E-state index contributed by atoms with van der Waals surface area (Å²) in [5.41, 5.74) is 11.9. The molecule has 0 radical (unpaired) electrons. The van der Waals surface area contributed by atoms with Gasteiger partial charge in [0.15, 0.2) is 5.65 Å². The normalized spacial score (nSPS) is 16.1. The summed E-state index contributed by atoms with van der Waals surface area (Å²) in [5, 5.41) is 18.7. The number of benzene rings is 1. The van der Waals surface area contributed by atoms with Crippen LogP contribution in [0.15, 0.2) is 41.1 Å². The van der Waals surface area contributed by atoms with Gasteiger partial charge in [-0.3, -0.25) is 4.98 Å². The van der Waals surface area contributed by atoms with Gasteiger partial charge in [-0.1, -0.05) is 11.6 Å². The minimum absolute atomic E-state index is 0.0209. The highest BCUT2D eigenvalue weighted by Gasteiger charge is 2.41. The Kier molecular flexibility index (Phi) is 4.96. The second-order valence-electron chi connectivity index (χ2n) is 8.67. The largest absolute Gasteiger partial charge is 0.396 e. The van der Waals surface area contributed by atoms with E-state index in [1.807, 2.05) is 12.3 Å². The van der Waals surface area contributed by atoms with E-state index in [0.29, 0.717) is 11.5 Å². The highest BCUT2D eigenvalue weighted by Crippen LogP contribution is 2.44. The Balaban J connectivity index is 1.56. The quantitative estimate of drug-likeness (QED) is 0.385. The van der Waals surface area contributed by atoms with Crippen LogP contribution in [0.4, 0.5) is 5.82 Å². The second kappa shape index (κ2) is 7.55. The van der Waals surface area contributed by atoms with Crippen LogP contribution in [-0.4, -0.2) is 37.8 Å². The zero-order valence-electron chi connectivity index (χ0n) is 17.6. The zero-order valence-corrected chi connectivity index (χ0v) is 19.1. The first-order valence-corrected chi connectivity index (χ1v) is 11.2. The molecule has 0 amide bonds. The van der Waals surface area contributed by atoms with E-state index in [0.717, 1.165) is 51.6 Å². The van der Waals surface area contributed by atoms with Crippen LogP contribution in [0.2, 0.25) is 0 Å². The first kappa shape index (κ1) is 20.4. The van der Waals surface area contributed by atoms with Crippen LogP contribution in [0.25, 0.3) is 27.7 Å². The first-order valence-electron chi connectivity index (χ1n) is 10.4. The van der Waals surface area contributed by atoms with Crippen molar-refractivity contribution in [3.63, 3.8) is 0 Å². The molecule has 1 atom stereocenters. The number of aliphatic hydroxyl groups is 1. The van der Waals surface area contributed by atoms with Gasteiger partial charge >= 0.3 is 0 Å². The summed E-state index contributed by atoms with van der Waals surface area (Å²) < 4.78 is 2.39. The average Bonchev–Trinajstić information content (AvgIpc) is 3.44. The van der Waals surface area contributed by atoms with Crippen molar-refractivity contribution in [3.05, 3.63) is 52.4 Å². The summed E-state index contributed by atoms with van der Waals surface area (Å²) in [5.74, 6) is 0.507. The van der Waals surface area contributed by atoms with E-state index in [2.05, 4.69) is 63.4 Å². The Morgan fingerprint density at radius 2 is 2.10 bits per heavy atom. The van der Waals surface area contributed by atoms with Crippen LogP contribution < -0.4 is 11.1 Å². The number of nitrogens with two attached hydrogens (primary N) is 1. The van der Waals surface area contributed by atoms with Crippen molar-refractivity contribution in [3.8, 4) is 11.1 Å². The van der Waals surface area contributed by atoms with Crippen LogP contribution in [0.5, 0.6) is 0 Å². The Morgan fingerprint density at radius 3 is 2.84 bits per heavy atom. The Hall–Kier alpha value is -2.55. The van der Waals surface area contributed by atoms with Crippen LogP contribution in [-0.2, 0) is 0 Å². The van der Waals surface area contributed by atoms with E-state index in [1.54, 1.807) is 10.7 Å². The number of nitrogens with one attached hydrogen (secondary N) is 1. The van der Waals surface area contributed by atoms with E-state index in [1.165, 1.54) is 5.56 Å². The summed E-state index contributed by atoms with van der Waals surface area (Å²) in [6.07, 6.45) is 5.76. The van der Waals surface area contributed by atoms with Crippen LogP contribution in [0.1, 0.15) is 37.1 Å². The average molecular weight is 481 g/mol. The molecule has 0 aliphatic heterocycles. The molecule has 4 aromatic rings. The molecule has 3 heterocycles. The van der Waals surface area contributed by atoms with E-state index in [9.17, 15) is 5.11 Å². The third-order valence-electron chi connectivity index (χ3n) is 6.28. The monoisotopic (exact) mass is 480 g/mol. The van der Waals surface area contributed by atoms with Crippen LogP contribution in [0.3, 0.4) is 0 Å². The number of halogens is 1. The number of fused-ring (bicyclic) bond motifs is 2. The maximum absolute atomic E-state index is 9.60. The molecule has 0 saturated heterocycles. The summed E-state index contributed by atoms with van der Waals surface area (Å²) in [6.45, 7) is 5.10. The van der Waals surface area contributed by atoms with Gasteiger partial charge in [-0.2, -0.15) is 9.61 Å².